The van der Waals surface area contributed by atoms with Gasteiger partial charge in [-0.2, -0.15) is 0 Å². The Morgan fingerprint density at radius 1 is 1.55 bits per heavy atom. The molecule has 1 atom stereocenters. The maximum absolute atomic E-state index is 12.3. The number of amides is 2. The van der Waals surface area contributed by atoms with Gasteiger partial charge in [-0.05, 0) is 23.8 Å². The van der Waals surface area contributed by atoms with Crippen LogP contribution in [0.15, 0.2) is 17.5 Å². The van der Waals surface area contributed by atoms with Crippen molar-refractivity contribution >= 4 is 17.4 Å². The average Bonchev–Trinajstić information content (AvgIpc) is 3.13. The highest BCUT2D eigenvalue weighted by Gasteiger charge is 2.29. The first-order chi connectivity index (χ1) is 10.4. The molecule has 0 aliphatic carbocycles. The number of thiophene rings is 1. The molecular weight excluding hydrogens is 296 g/mol. The van der Waals surface area contributed by atoms with Crippen LogP contribution in [0.1, 0.15) is 39.0 Å². The van der Waals surface area contributed by atoms with Gasteiger partial charge in [-0.1, -0.05) is 33.8 Å². The second kappa shape index (κ2) is 7.47. The van der Waals surface area contributed by atoms with Gasteiger partial charge in [0.05, 0.1) is 6.10 Å². The van der Waals surface area contributed by atoms with Crippen molar-refractivity contribution in [1.29, 1.82) is 0 Å². The van der Waals surface area contributed by atoms with Gasteiger partial charge in [0.25, 0.3) is 0 Å². The van der Waals surface area contributed by atoms with Gasteiger partial charge in [0.15, 0.2) is 0 Å². The summed E-state index contributed by atoms with van der Waals surface area (Å²) in [5, 5.41) is 5.16. The normalized spacial score (nSPS) is 19.0. The fourth-order valence-corrected chi connectivity index (χ4v) is 3.39. The van der Waals surface area contributed by atoms with E-state index in [1.54, 1.807) is 11.3 Å². The summed E-state index contributed by atoms with van der Waals surface area (Å²) in [6.45, 7) is 11.5. The standard InChI is InChI=1S/C17H28N2O2S/c1-13(2)11-21-14-7-8-19(10-14)16(20)18-12-17(3,4)15-6-5-9-22-15/h5-6,9,13-14H,7-8,10-12H2,1-4H3,(H,18,20). The molecule has 1 aliphatic heterocycles. The zero-order valence-corrected chi connectivity index (χ0v) is 14.9. The van der Waals surface area contributed by atoms with Crippen LogP contribution >= 0.6 is 11.3 Å². The number of hydrogen-bond acceptors (Lipinski definition) is 3. The number of nitrogens with zero attached hydrogens (tertiary/aromatic N) is 1. The van der Waals surface area contributed by atoms with Gasteiger partial charge in [-0.3, -0.25) is 0 Å². The van der Waals surface area contributed by atoms with E-state index in [0.717, 1.165) is 19.6 Å². The molecule has 1 unspecified atom stereocenters. The number of ether oxygens (including phenoxy) is 1. The maximum atomic E-state index is 12.3. The van der Waals surface area contributed by atoms with E-state index in [1.807, 2.05) is 4.90 Å². The maximum Gasteiger partial charge on any atom is 0.317 e. The fraction of sp³-hybridized carbons (Fsp3) is 0.706. The molecular formula is C17H28N2O2S. The van der Waals surface area contributed by atoms with Crippen molar-refractivity contribution in [3.05, 3.63) is 22.4 Å². The lowest BCUT2D eigenvalue weighted by atomic mass is 9.91. The summed E-state index contributed by atoms with van der Waals surface area (Å²) in [7, 11) is 0. The second-order valence-electron chi connectivity index (χ2n) is 7.10. The number of rotatable bonds is 6. The summed E-state index contributed by atoms with van der Waals surface area (Å²) in [5.74, 6) is 0.537. The molecule has 2 amide bonds. The van der Waals surface area contributed by atoms with E-state index >= 15 is 0 Å². The highest BCUT2D eigenvalue weighted by Crippen LogP contribution is 2.26. The van der Waals surface area contributed by atoms with Gasteiger partial charge < -0.3 is 15.0 Å². The Kier molecular flexibility index (Phi) is 5.87. The third-order valence-corrected chi connectivity index (χ3v) is 5.20. The molecule has 0 bridgehead atoms. The highest BCUT2D eigenvalue weighted by atomic mass is 32.1. The molecule has 1 N–H and O–H groups in total. The molecule has 2 rings (SSSR count). The SMILES string of the molecule is CC(C)COC1CCN(C(=O)NCC(C)(C)c2cccs2)C1. The van der Waals surface area contributed by atoms with E-state index in [2.05, 4.69) is 50.5 Å². The van der Waals surface area contributed by atoms with Crippen molar-refractivity contribution in [2.24, 2.45) is 5.92 Å². The number of carbonyl (C=O) groups excluding carboxylic acids is 1. The molecule has 1 aliphatic rings. The number of likely N-dealkylation sites (tertiary alicyclic amines) is 1. The molecule has 22 heavy (non-hydrogen) atoms. The summed E-state index contributed by atoms with van der Waals surface area (Å²) in [6.07, 6.45) is 1.13. The van der Waals surface area contributed by atoms with Crippen molar-refractivity contribution in [3.8, 4) is 0 Å². The Balaban J connectivity index is 1.76. The van der Waals surface area contributed by atoms with E-state index < -0.39 is 0 Å². The van der Waals surface area contributed by atoms with Crippen molar-refractivity contribution in [3.63, 3.8) is 0 Å². The van der Waals surface area contributed by atoms with Gasteiger partial charge in [0, 0.05) is 36.5 Å². The molecule has 1 fully saturated rings. The first-order valence-corrected chi connectivity index (χ1v) is 8.95. The lowest BCUT2D eigenvalue weighted by Gasteiger charge is -2.26. The van der Waals surface area contributed by atoms with E-state index in [1.165, 1.54) is 4.88 Å². The third-order valence-electron chi connectivity index (χ3n) is 3.97. The monoisotopic (exact) mass is 324 g/mol. The van der Waals surface area contributed by atoms with Crippen LogP contribution in [0, 0.1) is 5.92 Å². The molecule has 1 saturated heterocycles. The van der Waals surface area contributed by atoms with E-state index in [9.17, 15) is 4.79 Å². The van der Waals surface area contributed by atoms with Crippen LogP contribution in [-0.2, 0) is 10.2 Å². The summed E-state index contributed by atoms with van der Waals surface area (Å²) >= 11 is 1.74. The third kappa shape index (κ3) is 4.71. The number of urea groups is 1. The van der Waals surface area contributed by atoms with Crippen LogP contribution in [0.5, 0.6) is 0 Å². The molecule has 0 saturated carbocycles. The van der Waals surface area contributed by atoms with Crippen LogP contribution in [0.2, 0.25) is 0 Å². The first kappa shape index (κ1) is 17.3. The smallest absolute Gasteiger partial charge is 0.317 e. The van der Waals surface area contributed by atoms with Crippen LogP contribution in [-0.4, -0.2) is 43.3 Å². The summed E-state index contributed by atoms with van der Waals surface area (Å²) in [6, 6.07) is 4.21. The molecule has 1 aromatic heterocycles. The predicted molar refractivity (Wildman–Crippen MR) is 91.5 cm³/mol. The van der Waals surface area contributed by atoms with Gasteiger partial charge in [0.1, 0.15) is 0 Å². The predicted octanol–water partition coefficient (Wildman–Crippen LogP) is 3.48. The van der Waals surface area contributed by atoms with Crippen LogP contribution in [0.3, 0.4) is 0 Å². The van der Waals surface area contributed by atoms with Gasteiger partial charge in [-0.15, -0.1) is 11.3 Å². The number of hydrogen-bond donors (Lipinski definition) is 1. The Hall–Kier alpha value is -1.07. The fourth-order valence-electron chi connectivity index (χ4n) is 2.54. The van der Waals surface area contributed by atoms with Gasteiger partial charge in [0.2, 0.25) is 0 Å². The van der Waals surface area contributed by atoms with Crippen molar-refractivity contribution in [1.82, 2.24) is 10.2 Å². The topological polar surface area (TPSA) is 41.6 Å². The van der Waals surface area contributed by atoms with E-state index in [4.69, 9.17) is 4.74 Å². The molecule has 0 aromatic carbocycles. The lowest BCUT2D eigenvalue weighted by Crippen LogP contribution is -2.44. The lowest BCUT2D eigenvalue weighted by molar-refractivity contribution is 0.0436. The molecule has 1 aromatic rings. The Bertz CT molecular complexity index is 471. The minimum atomic E-state index is -0.0307. The quantitative estimate of drug-likeness (QED) is 0.870. The first-order valence-electron chi connectivity index (χ1n) is 8.07. The summed E-state index contributed by atoms with van der Waals surface area (Å²) in [4.78, 5) is 15.5. The van der Waals surface area contributed by atoms with Gasteiger partial charge in [-0.25, -0.2) is 4.79 Å². The minimum absolute atomic E-state index is 0.0280. The van der Waals surface area contributed by atoms with Crippen LogP contribution in [0.4, 0.5) is 4.79 Å². The van der Waals surface area contributed by atoms with Crippen molar-refractivity contribution in [2.45, 2.75) is 45.6 Å². The summed E-state index contributed by atoms with van der Waals surface area (Å²) < 4.78 is 5.83. The van der Waals surface area contributed by atoms with Crippen molar-refractivity contribution in [2.75, 3.05) is 26.2 Å². The largest absolute Gasteiger partial charge is 0.376 e. The number of carbonyl (C=O) groups is 1. The Labute approximate surface area is 137 Å². The molecule has 0 radical (unpaired) electrons. The number of nitrogens with one attached hydrogen (secondary N) is 1. The minimum Gasteiger partial charge on any atom is -0.376 e. The van der Waals surface area contributed by atoms with Gasteiger partial charge >= 0.3 is 6.03 Å². The van der Waals surface area contributed by atoms with Crippen LogP contribution < -0.4 is 5.32 Å². The zero-order valence-electron chi connectivity index (χ0n) is 14.1. The Morgan fingerprint density at radius 3 is 2.95 bits per heavy atom. The second-order valence-corrected chi connectivity index (χ2v) is 8.05. The molecule has 4 nitrogen and oxygen atoms in total. The molecule has 124 valence electrons. The average molecular weight is 324 g/mol. The van der Waals surface area contributed by atoms with Crippen LogP contribution in [0.25, 0.3) is 0 Å². The highest BCUT2D eigenvalue weighted by molar-refractivity contribution is 7.10. The van der Waals surface area contributed by atoms with Crippen molar-refractivity contribution < 1.29 is 9.53 Å². The molecule has 0 spiro atoms. The Morgan fingerprint density at radius 2 is 2.32 bits per heavy atom. The molecule has 5 heteroatoms. The van der Waals surface area contributed by atoms with E-state index in [-0.39, 0.29) is 17.6 Å². The molecule has 2 heterocycles. The summed E-state index contributed by atoms with van der Waals surface area (Å²) in [5.41, 5.74) is -0.0307. The van der Waals surface area contributed by atoms with E-state index in [0.29, 0.717) is 19.0 Å². The zero-order chi connectivity index (χ0) is 16.2.